The van der Waals surface area contributed by atoms with Gasteiger partial charge in [0.2, 0.25) is 5.91 Å². The van der Waals surface area contributed by atoms with Crippen molar-refractivity contribution >= 4 is 23.2 Å². The summed E-state index contributed by atoms with van der Waals surface area (Å²) in [5.74, 6) is 1.98. The first-order chi connectivity index (χ1) is 12.7. The van der Waals surface area contributed by atoms with Crippen LogP contribution in [-0.4, -0.2) is 57.2 Å². The normalized spacial score (nSPS) is 18.4. The van der Waals surface area contributed by atoms with Crippen LogP contribution in [0.1, 0.15) is 25.7 Å². The van der Waals surface area contributed by atoms with Gasteiger partial charge in [0.15, 0.2) is 11.5 Å². The summed E-state index contributed by atoms with van der Waals surface area (Å²) >= 11 is 6.30. The molecular formula is C19H28ClN3O3. The molecule has 2 N–H and O–H groups in total. The number of halogens is 1. The van der Waals surface area contributed by atoms with Gasteiger partial charge in [-0.05, 0) is 51.9 Å². The largest absolute Gasteiger partial charge is 0.490 e. The lowest BCUT2D eigenvalue weighted by molar-refractivity contribution is -0.117. The van der Waals surface area contributed by atoms with Gasteiger partial charge in [0, 0.05) is 18.6 Å². The Morgan fingerprint density at radius 2 is 1.92 bits per heavy atom. The summed E-state index contributed by atoms with van der Waals surface area (Å²) in [7, 11) is 1.99. The Morgan fingerprint density at radius 3 is 2.62 bits per heavy atom. The number of anilines is 1. The van der Waals surface area contributed by atoms with Crippen LogP contribution >= 0.6 is 11.6 Å². The van der Waals surface area contributed by atoms with E-state index in [9.17, 15) is 4.79 Å². The van der Waals surface area contributed by atoms with Crippen LogP contribution in [0.3, 0.4) is 0 Å². The lowest BCUT2D eigenvalue weighted by Gasteiger charge is -2.31. The molecule has 144 valence electrons. The molecule has 6 nitrogen and oxygen atoms in total. The second-order valence-electron chi connectivity index (χ2n) is 6.99. The van der Waals surface area contributed by atoms with Crippen molar-refractivity contribution in [3.05, 3.63) is 17.2 Å². The lowest BCUT2D eigenvalue weighted by atomic mass is 9.93. The molecule has 0 aliphatic carbocycles. The van der Waals surface area contributed by atoms with E-state index in [1.807, 2.05) is 7.05 Å². The zero-order valence-electron chi connectivity index (χ0n) is 15.4. The smallest absolute Gasteiger partial charge is 0.238 e. The highest BCUT2D eigenvalue weighted by molar-refractivity contribution is 6.34. The molecule has 1 saturated heterocycles. The number of hydrogen-bond donors (Lipinski definition) is 2. The third kappa shape index (κ3) is 5.25. The van der Waals surface area contributed by atoms with E-state index >= 15 is 0 Å². The maximum absolute atomic E-state index is 12.4. The van der Waals surface area contributed by atoms with Gasteiger partial charge >= 0.3 is 0 Å². The van der Waals surface area contributed by atoms with E-state index in [2.05, 4.69) is 15.5 Å². The quantitative estimate of drug-likeness (QED) is 0.793. The average Bonchev–Trinajstić information content (AvgIpc) is 2.86. The lowest BCUT2D eigenvalue weighted by Crippen LogP contribution is -2.39. The van der Waals surface area contributed by atoms with Crippen LogP contribution < -0.4 is 20.1 Å². The summed E-state index contributed by atoms with van der Waals surface area (Å²) in [6.45, 7) is 4.61. The summed E-state index contributed by atoms with van der Waals surface area (Å²) in [5.41, 5.74) is 0.574. The topological polar surface area (TPSA) is 62.8 Å². The molecule has 2 aliphatic rings. The highest BCUT2D eigenvalue weighted by atomic mass is 35.5. The van der Waals surface area contributed by atoms with Gasteiger partial charge in [-0.25, -0.2) is 0 Å². The number of nitrogens with one attached hydrogen (secondary N) is 2. The monoisotopic (exact) mass is 381 g/mol. The molecule has 0 spiro atoms. The van der Waals surface area contributed by atoms with Crippen molar-refractivity contribution in [2.24, 2.45) is 5.92 Å². The summed E-state index contributed by atoms with van der Waals surface area (Å²) in [6, 6.07) is 3.47. The molecule has 1 amide bonds. The number of hydrogen-bond acceptors (Lipinski definition) is 5. The van der Waals surface area contributed by atoms with Crippen LogP contribution in [0.5, 0.6) is 11.5 Å². The number of carbonyl (C=O) groups excluding carboxylic acids is 1. The molecule has 26 heavy (non-hydrogen) atoms. The molecule has 0 atom stereocenters. The third-order valence-electron chi connectivity index (χ3n) is 4.99. The Bertz CT molecular complexity index is 618. The van der Waals surface area contributed by atoms with Crippen LogP contribution in [0.2, 0.25) is 5.02 Å². The Labute approximate surface area is 160 Å². The van der Waals surface area contributed by atoms with Crippen molar-refractivity contribution in [2.45, 2.75) is 25.7 Å². The number of likely N-dealkylation sites (tertiary alicyclic amines) is 1. The maximum atomic E-state index is 12.4. The highest BCUT2D eigenvalue weighted by Gasteiger charge is 2.21. The minimum Gasteiger partial charge on any atom is -0.490 e. The molecule has 1 aromatic carbocycles. The van der Waals surface area contributed by atoms with Crippen molar-refractivity contribution in [2.75, 3.05) is 51.8 Å². The summed E-state index contributed by atoms with van der Waals surface area (Å²) in [4.78, 5) is 14.6. The first-order valence-electron chi connectivity index (χ1n) is 9.41. The van der Waals surface area contributed by atoms with Crippen molar-refractivity contribution in [1.29, 1.82) is 0 Å². The van der Waals surface area contributed by atoms with Crippen LogP contribution in [0, 0.1) is 5.92 Å². The van der Waals surface area contributed by atoms with E-state index < -0.39 is 0 Å². The van der Waals surface area contributed by atoms with Gasteiger partial charge in [-0.15, -0.1) is 0 Å². The van der Waals surface area contributed by atoms with Gasteiger partial charge in [-0.2, -0.15) is 0 Å². The zero-order chi connectivity index (χ0) is 18.4. The van der Waals surface area contributed by atoms with E-state index in [-0.39, 0.29) is 5.91 Å². The van der Waals surface area contributed by atoms with E-state index in [1.165, 1.54) is 6.42 Å². The van der Waals surface area contributed by atoms with E-state index in [0.29, 0.717) is 42.0 Å². The Balaban J connectivity index is 1.52. The fourth-order valence-electron chi connectivity index (χ4n) is 3.45. The molecule has 7 heteroatoms. The molecular weight excluding hydrogens is 354 g/mol. The molecule has 2 aliphatic heterocycles. The second-order valence-corrected chi connectivity index (χ2v) is 7.40. The Hall–Kier alpha value is -1.50. The number of rotatable bonds is 6. The SMILES string of the molecule is CNCCC1CCN(CC(=O)Nc2cc3c(cc2Cl)OCCCO3)CC1. The first kappa shape index (κ1) is 19.3. The molecule has 0 radical (unpaired) electrons. The van der Waals surface area contributed by atoms with Crippen LogP contribution in [0.25, 0.3) is 0 Å². The molecule has 0 saturated carbocycles. The van der Waals surface area contributed by atoms with Crippen molar-refractivity contribution in [3.8, 4) is 11.5 Å². The molecule has 0 unspecified atom stereocenters. The minimum atomic E-state index is -0.0462. The molecule has 0 bridgehead atoms. The predicted molar refractivity (Wildman–Crippen MR) is 103 cm³/mol. The molecule has 0 aromatic heterocycles. The van der Waals surface area contributed by atoms with E-state index in [1.54, 1.807) is 12.1 Å². The van der Waals surface area contributed by atoms with E-state index in [4.69, 9.17) is 21.1 Å². The van der Waals surface area contributed by atoms with Crippen molar-refractivity contribution in [1.82, 2.24) is 10.2 Å². The standard InChI is InChI=1S/C19H28ClN3O3/c1-21-6-3-14-4-7-23(8-5-14)13-19(24)22-16-12-18-17(11-15(16)20)25-9-2-10-26-18/h11-12,14,21H,2-10,13H2,1H3,(H,22,24). The summed E-state index contributed by atoms with van der Waals surface area (Å²) < 4.78 is 11.3. The van der Waals surface area contributed by atoms with E-state index in [0.717, 1.165) is 44.8 Å². The minimum absolute atomic E-state index is 0.0462. The number of ether oxygens (including phenoxy) is 2. The second kappa shape index (κ2) is 9.44. The number of amides is 1. The van der Waals surface area contributed by atoms with Gasteiger partial charge < -0.3 is 20.1 Å². The van der Waals surface area contributed by atoms with Crippen LogP contribution in [0.4, 0.5) is 5.69 Å². The molecule has 1 fully saturated rings. The summed E-state index contributed by atoms with van der Waals surface area (Å²) in [6.07, 6.45) is 4.35. The van der Waals surface area contributed by atoms with Crippen molar-refractivity contribution in [3.63, 3.8) is 0 Å². The number of benzene rings is 1. The fraction of sp³-hybridized carbons (Fsp3) is 0.632. The van der Waals surface area contributed by atoms with Gasteiger partial charge in [-0.3, -0.25) is 9.69 Å². The van der Waals surface area contributed by atoms with Crippen LogP contribution in [-0.2, 0) is 4.79 Å². The van der Waals surface area contributed by atoms with Crippen LogP contribution in [0.15, 0.2) is 12.1 Å². The number of piperidine rings is 1. The van der Waals surface area contributed by atoms with Gasteiger partial charge in [0.05, 0.1) is 30.5 Å². The molecule has 3 rings (SSSR count). The zero-order valence-corrected chi connectivity index (χ0v) is 16.1. The predicted octanol–water partition coefficient (Wildman–Crippen LogP) is 2.76. The number of nitrogens with zero attached hydrogens (tertiary/aromatic N) is 1. The Morgan fingerprint density at radius 1 is 1.23 bits per heavy atom. The van der Waals surface area contributed by atoms with Crippen molar-refractivity contribution < 1.29 is 14.3 Å². The number of fused-ring (bicyclic) bond motifs is 1. The fourth-order valence-corrected chi connectivity index (χ4v) is 3.66. The Kier molecular flexibility index (Phi) is 7.00. The number of carbonyl (C=O) groups is 1. The maximum Gasteiger partial charge on any atom is 0.238 e. The highest BCUT2D eigenvalue weighted by Crippen LogP contribution is 2.37. The third-order valence-corrected chi connectivity index (χ3v) is 5.30. The van der Waals surface area contributed by atoms with Gasteiger partial charge in [0.1, 0.15) is 0 Å². The first-order valence-corrected chi connectivity index (χ1v) is 9.79. The molecule has 1 aromatic rings. The van der Waals surface area contributed by atoms with Gasteiger partial charge in [0.25, 0.3) is 0 Å². The average molecular weight is 382 g/mol. The molecule has 2 heterocycles. The summed E-state index contributed by atoms with van der Waals surface area (Å²) in [5, 5.41) is 6.59. The van der Waals surface area contributed by atoms with Gasteiger partial charge in [-0.1, -0.05) is 11.6 Å².